The van der Waals surface area contributed by atoms with E-state index in [1.807, 2.05) is 0 Å². The Hall–Kier alpha value is -1.86. The lowest BCUT2D eigenvalue weighted by atomic mass is 10.1. The summed E-state index contributed by atoms with van der Waals surface area (Å²) in [7, 11) is 0. The van der Waals surface area contributed by atoms with E-state index >= 15 is 0 Å². The molecule has 1 N–H and O–H groups in total. The van der Waals surface area contributed by atoms with Gasteiger partial charge in [-0.05, 0) is 34.1 Å². The number of nitrogens with zero attached hydrogens (tertiary/aromatic N) is 1. The SMILES string of the molecule is O=C(O)C1CN(C(=O)c2csc(Br)c2)c2ccccc2O1. The predicted molar refractivity (Wildman–Crippen MR) is 82.2 cm³/mol. The van der Waals surface area contributed by atoms with Gasteiger partial charge in [0.05, 0.1) is 21.6 Å². The number of benzene rings is 1. The second-order valence-electron chi connectivity index (χ2n) is 4.47. The normalized spacial score (nSPS) is 17.0. The topological polar surface area (TPSA) is 66.8 Å². The number of thiophene rings is 1. The second kappa shape index (κ2) is 5.50. The van der Waals surface area contributed by atoms with E-state index in [4.69, 9.17) is 9.84 Å². The van der Waals surface area contributed by atoms with Gasteiger partial charge in [0, 0.05) is 5.38 Å². The molecule has 2 heterocycles. The standard InChI is InChI=1S/C14H10BrNO4S/c15-12-5-8(7-21-12)13(17)16-6-11(14(18)19)20-10-4-2-1-3-9(10)16/h1-5,7,11H,6H2,(H,18,19). The van der Waals surface area contributed by atoms with E-state index in [9.17, 15) is 9.59 Å². The largest absolute Gasteiger partial charge is 0.478 e. The molecule has 1 atom stereocenters. The second-order valence-corrected chi connectivity index (χ2v) is 6.76. The maximum atomic E-state index is 12.6. The van der Waals surface area contributed by atoms with Crippen molar-refractivity contribution in [1.82, 2.24) is 0 Å². The van der Waals surface area contributed by atoms with E-state index in [0.29, 0.717) is 17.0 Å². The highest BCUT2D eigenvalue weighted by Gasteiger charge is 2.34. The Morgan fingerprint density at radius 3 is 2.81 bits per heavy atom. The van der Waals surface area contributed by atoms with Crippen LogP contribution in [0.4, 0.5) is 5.69 Å². The van der Waals surface area contributed by atoms with Gasteiger partial charge in [-0.25, -0.2) is 4.79 Å². The molecule has 1 amide bonds. The maximum Gasteiger partial charge on any atom is 0.346 e. The van der Waals surface area contributed by atoms with Gasteiger partial charge in [0.15, 0.2) is 0 Å². The van der Waals surface area contributed by atoms with Gasteiger partial charge in [-0.2, -0.15) is 0 Å². The monoisotopic (exact) mass is 367 g/mol. The molecule has 108 valence electrons. The molecule has 1 aromatic heterocycles. The summed E-state index contributed by atoms with van der Waals surface area (Å²) >= 11 is 4.73. The van der Waals surface area contributed by atoms with Crippen molar-refractivity contribution in [3.63, 3.8) is 0 Å². The first-order valence-corrected chi connectivity index (χ1v) is 7.78. The Bertz CT molecular complexity index is 715. The number of carboxylic acids is 1. The van der Waals surface area contributed by atoms with Crippen LogP contribution in [-0.4, -0.2) is 29.6 Å². The van der Waals surface area contributed by atoms with E-state index in [2.05, 4.69) is 15.9 Å². The molecule has 0 saturated heterocycles. The minimum absolute atomic E-state index is 0.0152. The summed E-state index contributed by atoms with van der Waals surface area (Å²) in [6, 6.07) is 8.65. The van der Waals surface area contributed by atoms with Crippen LogP contribution in [0.3, 0.4) is 0 Å². The number of halogens is 1. The summed E-state index contributed by atoms with van der Waals surface area (Å²) in [5, 5.41) is 10.9. The van der Waals surface area contributed by atoms with E-state index in [0.717, 1.165) is 3.79 Å². The van der Waals surface area contributed by atoms with Crippen LogP contribution in [0.2, 0.25) is 0 Å². The van der Waals surface area contributed by atoms with Crippen molar-refractivity contribution in [3.8, 4) is 5.75 Å². The lowest BCUT2D eigenvalue weighted by Gasteiger charge is -2.32. The van der Waals surface area contributed by atoms with Gasteiger partial charge >= 0.3 is 5.97 Å². The number of rotatable bonds is 2. The first kappa shape index (κ1) is 14.1. The van der Waals surface area contributed by atoms with E-state index in [1.54, 1.807) is 35.7 Å². The summed E-state index contributed by atoms with van der Waals surface area (Å²) in [4.78, 5) is 25.3. The minimum atomic E-state index is -1.09. The van der Waals surface area contributed by atoms with Crippen molar-refractivity contribution in [2.45, 2.75) is 6.10 Å². The van der Waals surface area contributed by atoms with Crippen LogP contribution < -0.4 is 9.64 Å². The van der Waals surface area contributed by atoms with Crippen molar-refractivity contribution in [2.24, 2.45) is 0 Å². The summed E-state index contributed by atoms with van der Waals surface area (Å²) in [6.07, 6.45) is -1.06. The number of carbonyl (C=O) groups is 2. The number of hydrogen-bond acceptors (Lipinski definition) is 4. The molecule has 0 bridgehead atoms. The molecular weight excluding hydrogens is 358 g/mol. The lowest BCUT2D eigenvalue weighted by molar-refractivity contribution is -0.144. The Morgan fingerprint density at radius 1 is 1.38 bits per heavy atom. The van der Waals surface area contributed by atoms with Gasteiger partial charge in [-0.15, -0.1) is 11.3 Å². The molecule has 1 aliphatic rings. The molecule has 3 rings (SSSR count). The van der Waals surface area contributed by atoms with Crippen LogP contribution in [0.25, 0.3) is 0 Å². The fourth-order valence-corrected chi connectivity index (χ4v) is 3.26. The summed E-state index contributed by atoms with van der Waals surface area (Å²) < 4.78 is 6.26. The molecule has 21 heavy (non-hydrogen) atoms. The predicted octanol–water partition coefficient (Wildman–Crippen LogP) is 3.00. The third-order valence-electron chi connectivity index (χ3n) is 3.11. The first-order valence-electron chi connectivity index (χ1n) is 6.10. The Labute approximate surface area is 132 Å². The molecule has 5 nitrogen and oxygen atoms in total. The quantitative estimate of drug-likeness (QED) is 0.885. The Kier molecular flexibility index (Phi) is 3.69. The summed E-state index contributed by atoms with van der Waals surface area (Å²) in [6.45, 7) is -0.0152. The first-order chi connectivity index (χ1) is 10.1. The number of para-hydroxylation sites is 2. The van der Waals surface area contributed by atoms with Gasteiger partial charge in [-0.1, -0.05) is 12.1 Å². The summed E-state index contributed by atoms with van der Waals surface area (Å²) in [5.41, 5.74) is 1.11. The van der Waals surface area contributed by atoms with Crippen LogP contribution in [-0.2, 0) is 4.79 Å². The van der Waals surface area contributed by atoms with Crippen LogP contribution in [0.5, 0.6) is 5.75 Å². The molecule has 2 aromatic rings. The molecule has 0 spiro atoms. The van der Waals surface area contributed by atoms with E-state index in [1.165, 1.54) is 16.2 Å². The smallest absolute Gasteiger partial charge is 0.346 e. The number of fused-ring (bicyclic) bond motifs is 1. The average molecular weight is 368 g/mol. The number of anilines is 1. The molecule has 0 radical (unpaired) electrons. The molecule has 0 fully saturated rings. The molecule has 1 aromatic carbocycles. The van der Waals surface area contributed by atoms with Crippen LogP contribution in [0.1, 0.15) is 10.4 Å². The van der Waals surface area contributed by atoms with Crippen LogP contribution >= 0.6 is 27.3 Å². The number of hydrogen-bond donors (Lipinski definition) is 1. The zero-order valence-corrected chi connectivity index (χ0v) is 13.1. The number of carbonyl (C=O) groups excluding carboxylic acids is 1. The minimum Gasteiger partial charge on any atom is -0.478 e. The van der Waals surface area contributed by atoms with Gasteiger partial charge in [-0.3, -0.25) is 4.79 Å². The zero-order valence-electron chi connectivity index (χ0n) is 10.7. The molecule has 7 heteroatoms. The molecule has 1 aliphatic heterocycles. The van der Waals surface area contributed by atoms with Crippen molar-refractivity contribution < 1.29 is 19.4 Å². The van der Waals surface area contributed by atoms with E-state index in [-0.39, 0.29) is 12.5 Å². The van der Waals surface area contributed by atoms with Gasteiger partial charge in [0.25, 0.3) is 5.91 Å². The molecular formula is C14H10BrNO4S. The number of aliphatic carboxylic acids is 1. The van der Waals surface area contributed by atoms with Crippen molar-refractivity contribution in [3.05, 3.63) is 45.1 Å². The van der Waals surface area contributed by atoms with Crippen molar-refractivity contribution in [1.29, 1.82) is 0 Å². The van der Waals surface area contributed by atoms with E-state index < -0.39 is 12.1 Å². The fourth-order valence-electron chi connectivity index (χ4n) is 2.13. The fraction of sp³-hybridized carbons (Fsp3) is 0.143. The van der Waals surface area contributed by atoms with Crippen molar-refractivity contribution >= 4 is 44.8 Å². The zero-order chi connectivity index (χ0) is 15.0. The van der Waals surface area contributed by atoms with Crippen LogP contribution in [0, 0.1) is 0 Å². The number of ether oxygens (including phenoxy) is 1. The third kappa shape index (κ3) is 2.66. The highest BCUT2D eigenvalue weighted by Crippen LogP contribution is 2.34. The molecule has 0 saturated carbocycles. The maximum absolute atomic E-state index is 12.6. The van der Waals surface area contributed by atoms with Gasteiger partial charge < -0.3 is 14.7 Å². The van der Waals surface area contributed by atoms with Gasteiger partial charge in [0.2, 0.25) is 6.10 Å². The number of carboxylic acid groups (broad SMARTS) is 1. The highest BCUT2D eigenvalue weighted by atomic mass is 79.9. The Morgan fingerprint density at radius 2 is 2.14 bits per heavy atom. The average Bonchev–Trinajstić information content (AvgIpc) is 2.92. The lowest BCUT2D eigenvalue weighted by Crippen LogP contribution is -2.47. The summed E-state index contributed by atoms with van der Waals surface area (Å²) in [5.74, 6) is -0.924. The third-order valence-corrected chi connectivity index (χ3v) is 4.61. The highest BCUT2D eigenvalue weighted by molar-refractivity contribution is 9.11. The molecule has 1 unspecified atom stereocenters. The van der Waals surface area contributed by atoms with Crippen LogP contribution in [0.15, 0.2) is 39.5 Å². The number of amides is 1. The molecule has 0 aliphatic carbocycles. The van der Waals surface area contributed by atoms with Crippen molar-refractivity contribution in [2.75, 3.05) is 11.4 Å². The Balaban J connectivity index is 2.00. The van der Waals surface area contributed by atoms with Gasteiger partial charge in [0.1, 0.15) is 5.75 Å².